The van der Waals surface area contributed by atoms with Gasteiger partial charge in [-0.2, -0.15) is 8.42 Å². The molecule has 0 heterocycles. The Labute approximate surface area is 290 Å². The topological polar surface area (TPSA) is 193 Å². The van der Waals surface area contributed by atoms with Crippen LogP contribution in [0.5, 0.6) is 11.5 Å². The number of rotatable bonds is 12. The molecular formula is C34H58N2O9S3. The Balaban J connectivity index is 0.000000376. The van der Waals surface area contributed by atoms with Crippen LogP contribution in [0.15, 0.2) is 58.3 Å². The Morgan fingerprint density at radius 2 is 1.10 bits per heavy atom. The number of nitrogens with two attached hydrogens (primary N) is 2. The number of phenolic OH excluding ortho intramolecular Hbond substituents is 1. The van der Waals surface area contributed by atoms with E-state index in [1.807, 2.05) is 0 Å². The number of sulfonamides is 2. The van der Waals surface area contributed by atoms with Crippen LogP contribution in [-0.2, 0) is 34.3 Å². The van der Waals surface area contributed by atoms with Crippen LogP contribution in [0, 0.1) is 22.7 Å². The summed E-state index contributed by atoms with van der Waals surface area (Å²) in [6, 6.07) is 11.3. The Kier molecular flexibility index (Phi) is 17.0. The molecule has 2 aromatic rings. The molecule has 2 aliphatic carbocycles. The van der Waals surface area contributed by atoms with Crippen molar-refractivity contribution in [2.24, 2.45) is 32.9 Å². The first-order chi connectivity index (χ1) is 21.5. The second-order valence-corrected chi connectivity index (χ2v) is 19.0. The Morgan fingerprint density at radius 1 is 0.708 bits per heavy atom. The molecule has 2 fully saturated rings. The highest BCUT2D eigenvalue weighted by Gasteiger charge is 2.31. The highest BCUT2D eigenvalue weighted by molar-refractivity contribution is 7.89. The van der Waals surface area contributed by atoms with E-state index in [0.717, 1.165) is 37.4 Å². The Hall–Kier alpha value is -2.23. The SMILES string of the molecule is C.CC1(C)CCC(CCCOS(C)(=O)=O)C1.CC1(C)CCC(CCCOc2ccc(S(N)(=O)=O)cc2)C1.NS(=O)(=O)c1ccc(O)cc1. The summed E-state index contributed by atoms with van der Waals surface area (Å²) < 4.78 is 75.3. The van der Waals surface area contributed by atoms with Gasteiger partial charge in [-0.1, -0.05) is 35.1 Å². The number of phenols is 1. The van der Waals surface area contributed by atoms with Crippen LogP contribution in [0.1, 0.15) is 99.3 Å². The lowest BCUT2D eigenvalue weighted by atomic mass is 9.89. The first kappa shape index (κ1) is 43.8. The van der Waals surface area contributed by atoms with Crippen molar-refractivity contribution in [3.05, 3.63) is 48.5 Å². The van der Waals surface area contributed by atoms with Crippen LogP contribution < -0.4 is 15.0 Å². The first-order valence-electron chi connectivity index (χ1n) is 16.0. The van der Waals surface area contributed by atoms with Gasteiger partial charge in [0.1, 0.15) is 11.5 Å². The molecule has 2 atom stereocenters. The predicted molar refractivity (Wildman–Crippen MR) is 191 cm³/mol. The summed E-state index contributed by atoms with van der Waals surface area (Å²) in [5.41, 5.74) is 0.997. The third-order valence-electron chi connectivity index (χ3n) is 8.54. The highest BCUT2D eigenvalue weighted by Crippen LogP contribution is 2.43. The van der Waals surface area contributed by atoms with Crippen molar-refractivity contribution in [3.8, 4) is 11.5 Å². The van der Waals surface area contributed by atoms with Gasteiger partial charge in [0.25, 0.3) is 10.1 Å². The molecule has 5 N–H and O–H groups in total. The Bertz CT molecular complexity index is 1570. The van der Waals surface area contributed by atoms with Crippen molar-refractivity contribution >= 4 is 30.2 Å². The van der Waals surface area contributed by atoms with Crippen LogP contribution in [0.3, 0.4) is 0 Å². The van der Waals surface area contributed by atoms with E-state index in [9.17, 15) is 25.3 Å². The molecule has 0 aliphatic heterocycles. The van der Waals surface area contributed by atoms with E-state index in [-0.39, 0.29) is 23.0 Å². The number of benzene rings is 2. The number of aromatic hydroxyl groups is 1. The maximum absolute atomic E-state index is 11.1. The summed E-state index contributed by atoms with van der Waals surface area (Å²) in [6.07, 6.45) is 13.1. The van der Waals surface area contributed by atoms with Gasteiger partial charge in [-0.3, -0.25) is 4.18 Å². The molecule has 2 unspecified atom stereocenters. The summed E-state index contributed by atoms with van der Waals surface area (Å²) in [4.78, 5) is 0.110. The van der Waals surface area contributed by atoms with Crippen LogP contribution in [-0.4, -0.2) is 49.8 Å². The van der Waals surface area contributed by atoms with Crippen LogP contribution in [0.4, 0.5) is 0 Å². The van der Waals surface area contributed by atoms with E-state index in [4.69, 9.17) is 24.3 Å². The van der Waals surface area contributed by atoms with E-state index in [1.165, 1.54) is 81.3 Å². The van der Waals surface area contributed by atoms with Gasteiger partial charge >= 0.3 is 0 Å². The normalized spacial score (nSPS) is 20.0. The number of ether oxygens (including phenoxy) is 1. The molecule has 276 valence electrons. The lowest BCUT2D eigenvalue weighted by molar-refractivity contribution is 0.285. The molecule has 14 heteroatoms. The minimum atomic E-state index is -3.63. The van der Waals surface area contributed by atoms with Crippen molar-refractivity contribution in [2.45, 2.75) is 109 Å². The van der Waals surface area contributed by atoms with Gasteiger partial charge < -0.3 is 9.84 Å². The highest BCUT2D eigenvalue weighted by atomic mass is 32.2. The summed E-state index contributed by atoms with van der Waals surface area (Å²) in [5.74, 6) is 2.29. The van der Waals surface area contributed by atoms with E-state index in [2.05, 4.69) is 27.7 Å². The van der Waals surface area contributed by atoms with Crippen LogP contribution in [0.25, 0.3) is 0 Å². The lowest BCUT2D eigenvalue weighted by Gasteiger charge is -2.17. The standard InChI is InChI=1S/C16H25NO3S.C11H22O3S.C6H7NO3S.CH4/c1-16(2)10-9-13(12-16)4-3-11-20-14-5-7-15(8-6-14)21(17,18)19;1-11(2)7-6-10(9-11)5-4-8-14-15(3,12)13;7-11(9,10)6-3-1-5(8)2-4-6;/h5-8,13H,3-4,9-12H2,1-2H3,(H2,17,18,19);10H,4-9H2,1-3H3;1-4,8H,(H2,7,9,10);1H4. The van der Waals surface area contributed by atoms with Crippen LogP contribution in [0.2, 0.25) is 0 Å². The Morgan fingerprint density at radius 3 is 1.46 bits per heavy atom. The van der Waals surface area contributed by atoms with Crippen molar-refractivity contribution in [2.75, 3.05) is 19.5 Å². The summed E-state index contributed by atoms with van der Waals surface area (Å²) in [7, 11) is -10.5. The quantitative estimate of drug-likeness (QED) is 0.160. The minimum Gasteiger partial charge on any atom is -0.508 e. The van der Waals surface area contributed by atoms with Gasteiger partial charge in [-0.05, 0) is 135 Å². The van der Waals surface area contributed by atoms with Gasteiger partial charge in [0.2, 0.25) is 20.0 Å². The third kappa shape index (κ3) is 18.0. The fraction of sp³-hybridized carbons (Fsp3) is 0.647. The zero-order valence-corrected chi connectivity index (χ0v) is 30.8. The maximum Gasteiger partial charge on any atom is 0.264 e. The van der Waals surface area contributed by atoms with Crippen molar-refractivity contribution in [1.82, 2.24) is 0 Å². The summed E-state index contributed by atoms with van der Waals surface area (Å²) in [5, 5.41) is 18.6. The van der Waals surface area contributed by atoms with Gasteiger partial charge in [0.15, 0.2) is 0 Å². The third-order valence-corrected chi connectivity index (χ3v) is 11.0. The molecule has 11 nitrogen and oxygen atoms in total. The van der Waals surface area contributed by atoms with Crippen LogP contribution >= 0.6 is 0 Å². The van der Waals surface area contributed by atoms with Gasteiger partial charge in [-0.15, -0.1) is 0 Å². The van der Waals surface area contributed by atoms with Crippen molar-refractivity contribution in [3.63, 3.8) is 0 Å². The summed E-state index contributed by atoms with van der Waals surface area (Å²) in [6.45, 7) is 10.3. The molecule has 0 amide bonds. The fourth-order valence-electron chi connectivity index (χ4n) is 6.16. The first-order valence-corrected chi connectivity index (χ1v) is 20.9. The monoisotopic (exact) mass is 734 g/mol. The average molecular weight is 735 g/mol. The molecule has 2 aliphatic rings. The van der Waals surface area contributed by atoms with Gasteiger partial charge in [0, 0.05) is 0 Å². The number of hydrogen-bond acceptors (Lipinski definition) is 9. The number of hydrogen-bond donors (Lipinski definition) is 3. The molecule has 0 aromatic heterocycles. The molecule has 0 bridgehead atoms. The van der Waals surface area contributed by atoms with Crippen molar-refractivity contribution in [1.29, 1.82) is 0 Å². The fourth-order valence-corrected chi connectivity index (χ4v) is 7.61. The zero-order valence-electron chi connectivity index (χ0n) is 28.4. The smallest absolute Gasteiger partial charge is 0.264 e. The van der Waals surface area contributed by atoms with E-state index < -0.39 is 30.2 Å². The largest absolute Gasteiger partial charge is 0.508 e. The maximum atomic E-state index is 11.1. The minimum absolute atomic E-state index is 0. The molecule has 2 aromatic carbocycles. The van der Waals surface area contributed by atoms with E-state index in [1.54, 1.807) is 12.1 Å². The van der Waals surface area contributed by atoms with Gasteiger partial charge in [-0.25, -0.2) is 27.1 Å². The van der Waals surface area contributed by atoms with Crippen molar-refractivity contribution < 1.29 is 39.3 Å². The predicted octanol–water partition coefficient (Wildman–Crippen LogP) is 6.56. The molecule has 4 rings (SSSR count). The molecule has 0 radical (unpaired) electrons. The average Bonchev–Trinajstić information content (AvgIpc) is 3.48. The summed E-state index contributed by atoms with van der Waals surface area (Å²) >= 11 is 0. The molecule has 2 saturated carbocycles. The molecular weight excluding hydrogens is 677 g/mol. The molecule has 48 heavy (non-hydrogen) atoms. The van der Waals surface area contributed by atoms with E-state index in [0.29, 0.717) is 29.8 Å². The van der Waals surface area contributed by atoms with Gasteiger partial charge in [0.05, 0.1) is 29.3 Å². The zero-order chi connectivity index (χ0) is 35.5. The lowest BCUT2D eigenvalue weighted by Crippen LogP contribution is -2.11. The second-order valence-electron chi connectivity index (χ2n) is 14.3. The number of primary sulfonamides is 2. The molecule has 0 spiro atoms. The molecule has 0 saturated heterocycles. The second kappa shape index (κ2) is 18.7. The van der Waals surface area contributed by atoms with E-state index >= 15 is 0 Å².